The second-order valence-corrected chi connectivity index (χ2v) is 3.70. The molecular weight excluding hydrogens is 260 g/mol. The monoisotopic (exact) mass is 272 g/mol. The highest BCUT2D eigenvalue weighted by molar-refractivity contribution is 5.90. The van der Waals surface area contributed by atoms with Crippen LogP contribution in [0.25, 0.3) is 0 Å². The highest BCUT2D eigenvalue weighted by Gasteiger charge is 2.08. The van der Waals surface area contributed by atoms with E-state index in [9.17, 15) is 9.59 Å². The second-order valence-electron chi connectivity index (χ2n) is 3.70. The molecule has 2 aromatic rings. The molecule has 0 bridgehead atoms. The van der Waals surface area contributed by atoms with Crippen molar-refractivity contribution in [3.05, 3.63) is 48.5 Å². The highest BCUT2D eigenvalue weighted by atomic mass is 16.6. The average Bonchev–Trinajstić information content (AvgIpc) is 2.48. The number of ether oxygens (including phenoxy) is 1. The molecule has 2 amide bonds. The van der Waals surface area contributed by atoms with Crippen LogP contribution >= 0.6 is 0 Å². The maximum atomic E-state index is 11.6. The second kappa shape index (κ2) is 6.28. The van der Waals surface area contributed by atoms with E-state index in [4.69, 9.17) is 4.74 Å². The lowest BCUT2D eigenvalue weighted by atomic mass is 10.3. The molecule has 20 heavy (non-hydrogen) atoms. The number of benzene rings is 1. The fourth-order valence-electron chi connectivity index (χ4n) is 1.36. The molecular formula is C13H12N4O3. The van der Waals surface area contributed by atoms with Crippen LogP contribution in [0.1, 0.15) is 10.6 Å². The predicted molar refractivity (Wildman–Crippen MR) is 71.5 cm³/mol. The van der Waals surface area contributed by atoms with Crippen molar-refractivity contribution in [2.75, 3.05) is 12.4 Å². The quantitative estimate of drug-likeness (QED) is 0.882. The zero-order valence-electron chi connectivity index (χ0n) is 10.7. The number of hydrogen-bond donors (Lipinski definition) is 2. The van der Waals surface area contributed by atoms with Crippen molar-refractivity contribution in [1.29, 1.82) is 0 Å². The van der Waals surface area contributed by atoms with E-state index >= 15 is 0 Å². The summed E-state index contributed by atoms with van der Waals surface area (Å²) in [6.45, 7) is 0. The number of carbonyl (C=O) groups excluding carboxylic acids is 2. The largest absolute Gasteiger partial charge is 0.417 e. The van der Waals surface area contributed by atoms with Gasteiger partial charge in [-0.1, -0.05) is 18.2 Å². The smallest absolute Gasteiger partial charge is 0.410 e. The summed E-state index contributed by atoms with van der Waals surface area (Å²) >= 11 is 0. The normalized spacial score (nSPS) is 9.65. The summed E-state index contributed by atoms with van der Waals surface area (Å²) in [5.41, 5.74) is 0.332. The lowest BCUT2D eigenvalue weighted by molar-refractivity contribution is 0.0953. The van der Waals surface area contributed by atoms with Crippen molar-refractivity contribution < 1.29 is 14.3 Å². The van der Waals surface area contributed by atoms with Gasteiger partial charge in [0, 0.05) is 7.05 Å². The van der Waals surface area contributed by atoms with E-state index in [0.29, 0.717) is 11.4 Å². The average molecular weight is 272 g/mol. The summed E-state index contributed by atoms with van der Waals surface area (Å²) in [7, 11) is 1.48. The van der Waals surface area contributed by atoms with Gasteiger partial charge < -0.3 is 10.1 Å². The van der Waals surface area contributed by atoms with E-state index in [1.807, 2.05) is 6.07 Å². The molecule has 0 spiro atoms. The molecule has 0 saturated heterocycles. The number of hydrogen-bond acceptors (Lipinski definition) is 5. The zero-order chi connectivity index (χ0) is 14.4. The van der Waals surface area contributed by atoms with Crippen LogP contribution in [0.4, 0.5) is 10.5 Å². The Morgan fingerprint density at radius 2 is 1.75 bits per heavy atom. The third-order valence-corrected chi connectivity index (χ3v) is 2.28. The Hall–Kier alpha value is -2.96. The van der Waals surface area contributed by atoms with Crippen molar-refractivity contribution in [3.63, 3.8) is 0 Å². The van der Waals surface area contributed by atoms with Gasteiger partial charge in [-0.05, 0) is 12.1 Å². The molecule has 0 aliphatic rings. The van der Waals surface area contributed by atoms with Crippen molar-refractivity contribution >= 4 is 17.7 Å². The maximum absolute atomic E-state index is 11.6. The van der Waals surface area contributed by atoms with Crippen molar-refractivity contribution in [2.45, 2.75) is 0 Å². The zero-order valence-corrected chi connectivity index (χ0v) is 10.7. The molecule has 0 aliphatic heterocycles. The fraction of sp³-hybridized carbons (Fsp3) is 0.0769. The van der Waals surface area contributed by atoms with Crippen LogP contribution in [-0.4, -0.2) is 29.0 Å². The van der Waals surface area contributed by atoms with Crippen molar-refractivity contribution in [1.82, 2.24) is 15.3 Å². The Balaban J connectivity index is 1.96. The van der Waals surface area contributed by atoms with E-state index in [-0.39, 0.29) is 5.82 Å². The Morgan fingerprint density at radius 1 is 1.10 bits per heavy atom. The van der Waals surface area contributed by atoms with Crippen LogP contribution in [0.3, 0.4) is 0 Å². The molecule has 1 aromatic carbocycles. The first kappa shape index (κ1) is 13.5. The van der Waals surface area contributed by atoms with Crippen molar-refractivity contribution in [2.24, 2.45) is 0 Å². The van der Waals surface area contributed by atoms with Gasteiger partial charge in [-0.15, -0.1) is 0 Å². The number of amides is 2. The molecule has 102 valence electrons. The molecule has 1 aromatic heterocycles. The summed E-state index contributed by atoms with van der Waals surface area (Å²) < 4.78 is 5.03. The molecule has 7 heteroatoms. The Labute approximate surface area is 115 Å². The first-order chi connectivity index (χ1) is 9.69. The molecule has 2 N–H and O–H groups in total. The number of nitrogens with zero attached hydrogens (tertiary/aromatic N) is 2. The van der Waals surface area contributed by atoms with Gasteiger partial charge in [0.25, 0.3) is 5.91 Å². The summed E-state index contributed by atoms with van der Waals surface area (Å²) in [4.78, 5) is 30.5. The van der Waals surface area contributed by atoms with E-state index in [1.165, 1.54) is 19.4 Å². The first-order valence-electron chi connectivity index (χ1n) is 5.77. The minimum Gasteiger partial charge on any atom is -0.410 e. The van der Waals surface area contributed by atoms with Gasteiger partial charge in [-0.25, -0.2) is 14.8 Å². The van der Waals surface area contributed by atoms with Gasteiger partial charge in [0.05, 0.1) is 18.1 Å². The molecule has 1 heterocycles. The number of rotatable bonds is 3. The number of para-hydroxylation sites is 1. The predicted octanol–water partition coefficient (Wildman–Crippen LogP) is 1.45. The Morgan fingerprint density at radius 3 is 2.35 bits per heavy atom. The van der Waals surface area contributed by atoms with Crippen LogP contribution in [0.5, 0.6) is 5.75 Å². The molecule has 0 saturated carbocycles. The standard InChI is InChI=1S/C13H12N4O3/c1-14-12(18)11-15-7-9(8-16-11)17-13(19)20-10-5-3-2-4-6-10/h2-8H,1H3,(H,14,18)(H,17,19). The third kappa shape index (κ3) is 3.52. The van der Waals surface area contributed by atoms with E-state index in [2.05, 4.69) is 20.6 Å². The van der Waals surface area contributed by atoms with Crippen LogP contribution in [0.15, 0.2) is 42.7 Å². The topological polar surface area (TPSA) is 93.2 Å². The lowest BCUT2D eigenvalue weighted by Crippen LogP contribution is -2.21. The molecule has 0 atom stereocenters. The van der Waals surface area contributed by atoms with E-state index < -0.39 is 12.0 Å². The number of anilines is 1. The Kier molecular flexibility index (Phi) is 4.23. The van der Waals surface area contributed by atoms with Gasteiger partial charge in [0.2, 0.25) is 5.82 Å². The minimum atomic E-state index is -0.660. The molecule has 0 radical (unpaired) electrons. The molecule has 0 fully saturated rings. The molecule has 0 aliphatic carbocycles. The maximum Gasteiger partial charge on any atom is 0.417 e. The summed E-state index contributed by atoms with van der Waals surface area (Å²) in [5.74, 6) is 0.0470. The van der Waals surface area contributed by atoms with Gasteiger partial charge in [-0.3, -0.25) is 10.1 Å². The van der Waals surface area contributed by atoms with Crippen LogP contribution in [0, 0.1) is 0 Å². The lowest BCUT2D eigenvalue weighted by Gasteiger charge is -2.06. The van der Waals surface area contributed by atoms with Gasteiger partial charge in [0.15, 0.2) is 0 Å². The summed E-state index contributed by atoms with van der Waals surface area (Å²) in [5, 5.41) is 4.85. The summed E-state index contributed by atoms with van der Waals surface area (Å²) in [6, 6.07) is 8.64. The molecule has 2 rings (SSSR count). The van der Waals surface area contributed by atoms with Crippen LogP contribution in [0.2, 0.25) is 0 Å². The van der Waals surface area contributed by atoms with Gasteiger partial charge in [0.1, 0.15) is 5.75 Å². The van der Waals surface area contributed by atoms with Crippen molar-refractivity contribution in [3.8, 4) is 5.75 Å². The molecule has 0 unspecified atom stereocenters. The van der Waals surface area contributed by atoms with Crippen LogP contribution in [-0.2, 0) is 0 Å². The number of carbonyl (C=O) groups is 2. The minimum absolute atomic E-state index is 0.0227. The third-order valence-electron chi connectivity index (χ3n) is 2.28. The highest BCUT2D eigenvalue weighted by Crippen LogP contribution is 2.10. The van der Waals surface area contributed by atoms with Gasteiger partial charge >= 0.3 is 6.09 Å². The first-order valence-corrected chi connectivity index (χ1v) is 5.77. The molecule has 7 nitrogen and oxygen atoms in total. The van der Waals surface area contributed by atoms with E-state index in [0.717, 1.165) is 0 Å². The summed E-state index contributed by atoms with van der Waals surface area (Å²) in [6.07, 6.45) is 1.99. The number of aromatic nitrogens is 2. The number of nitrogens with one attached hydrogen (secondary N) is 2. The van der Waals surface area contributed by atoms with Crippen LogP contribution < -0.4 is 15.4 Å². The fourth-order valence-corrected chi connectivity index (χ4v) is 1.36. The SMILES string of the molecule is CNC(=O)c1ncc(NC(=O)Oc2ccccc2)cn1. The Bertz CT molecular complexity index is 599. The van der Waals surface area contributed by atoms with E-state index in [1.54, 1.807) is 24.3 Å². The van der Waals surface area contributed by atoms with Gasteiger partial charge in [-0.2, -0.15) is 0 Å².